The average molecular weight is 295 g/mol. The molecular formula is C13H14ClF3O2. The van der Waals surface area contributed by atoms with Crippen molar-refractivity contribution in [2.45, 2.75) is 37.5 Å². The first-order valence-corrected chi connectivity index (χ1v) is 5.92. The fraction of sp³-hybridized carbons (Fsp3) is 0.462. The summed E-state index contributed by atoms with van der Waals surface area (Å²) in [5, 5.41) is 9.80. The molecule has 0 saturated heterocycles. The zero-order chi connectivity index (χ0) is 14.9. The first-order chi connectivity index (χ1) is 8.53. The summed E-state index contributed by atoms with van der Waals surface area (Å²) in [6, 6.07) is 6.41. The van der Waals surface area contributed by atoms with Gasteiger partial charge in [0.05, 0.1) is 0 Å². The third kappa shape index (κ3) is 3.28. The van der Waals surface area contributed by atoms with Gasteiger partial charge in [-0.25, -0.2) is 0 Å². The second-order valence-electron chi connectivity index (χ2n) is 5.08. The van der Waals surface area contributed by atoms with Gasteiger partial charge in [0.25, 0.3) is 0 Å². The van der Waals surface area contributed by atoms with E-state index in [-0.39, 0.29) is 0 Å². The summed E-state index contributed by atoms with van der Waals surface area (Å²) < 4.78 is 38.2. The quantitative estimate of drug-likeness (QED) is 0.863. The standard InChI is InChI=1S/C13H14ClF3O2/c1-11(2,9-5-3-4-6-10(9)14)7-12(19,8-18)13(15,16)17/h3-6,8,19H,7H2,1-2H3. The van der Waals surface area contributed by atoms with Gasteiger partial charge in [0.1, 0.15) is 0 Å². The number of aliphatic hydroxyl groups is 1. The Kier molecular flexibility index (Phi) is 4.32. The molecule has 0 amide bonds. The molecule has 1 aromatic carbocycles. The molecular weight excluding hydrogens is 281 g/mol. The summed E-state index contributed by atoms with van der Waals surface area (Å²) in [7, 11) is 0. The number of rotatable bonds is 4. The number of alkyl halides is 3. The smallest absolute Gasteiger partial charge is 0.374 e. The van der Waals surface area contributed by atoms with Crippen LogP contribution in [0.2, 0.25) is 5.02 Å². The monoisotopic (exact) mass is 294 g/mol. The van der Waals surface area contributed by atoms with E-state index in [9.17, 15) is 23.1 Å². The van der Waals surface area contributed by atoms with Gasteiger partial charge in [0.2, 0.25) is 5.60 Å². The Bertz CT molecular complexity index is 471. The topological polar surface area (TPSA) is 37.3 Å². The highest BCUT2D eigenvalue weighted by molar-refractivity contribution is 6.31. The van der Waals surface area contributed by atoms with Gasteiger partial charge in [-0.1, -0.05) is 43.6 Å². The van der Waals surface area contributed by atoms with Crippen molar-refractivity contribution >= 4 is 17.9 Å². The fourth-order valence-electron chi connectivity index (χ4n) is 1.99. The largest absolute Gasteiger partial charge is 0.424 e. The molecule has 1 rings (SSSR count). The predicted molar refractivity (Wildman–Crippen MR) is 66.2 cm³/mol. The molecule has 0 spiro atoms. The Morgan fingerprint density at radius 2 is 1.79 bits per heavy atom. The molecule has 0 bridgehead atoms. The van der Waals surface area contributed by atoms with Gasteiger partial charge in [-0.15, -0.1) is 0 Å². The highest BCUT2D eigenvalue weighted by atomic mass is 35.5. The average Bonchev–Trinajstić information content (AvgIpc) is 2.27. The summed E-state index contributed by atoms with van der Waals surface area (Å²) in [6.07, 6.45) is -6.28. The van der Waals surface area contributed by atoms with Gasteiger partial charge < -0.3 is 5.11 Å². The van der Waals surface area contributed by atoms with Crippen LogP contribution in [0.5, 0.6) is 0 Å². The molecule has 0 saturated carbocycles. The molecule has 2 nitrogen and oxygen atoms in total. The number of carbonyl (C=O) groups is 1. The lowest BCUT2D eigenvalue weighted by molar-refractivity contribution is -0.250. The SMILES string of the molecule is CC(C)(CC(O)(C=O)C(F)(F)F)c1ccccc1Cl. The van der Waals surface area contributed by atoms with E-state index in [2.05, 4.69) is 0 Å². The Labute approximate surface area is 114 Å². The van der Waals surface area contributed by atoms with E-state index in [1.54, 1.807) is 24.3 Å². The molecule has 0 radical (unpaired) electrons. The molecule has 1 N–H and O–H groups in total. The molecule has 1 unspecified atom stereocenters. The van der Waals surface area contributed by atoms with Gasteiger partial charge in [0.15, 0.2) is 6.29 Å². The summed E-state index contributed by atoms with van der Waals surface area (Å²) in [4.78, 5) is 10.7. The van der Waals surface area contributed by atoms with E-state index in [0.29, 0.717) is 10.6 Å². The van der Waals surface area contributed by atoms with E-state index >= 15 is 0 Å². The molecule has 19 heavy (non-hydrogen) atoms. The van der Waals surface area contributed by atoms with E-state index in [1.165, 1.54) is 13.8 Å². The third-order valence-corrected chi connectivity index (χ3v) is 3.33. The lowest BCUT2D eigenvalue weighted by atomic mass is 9.75. The van der Waals surface area contributed by atoms with Crippen LogP contribution in [0, 0.1) is 0 Å². The zero-order valence-corrected chi connectivity index (χ0v) is 11.2. The Hall–Kier alpha value is -1.07. The lowest BCUT2D eigenvalue weighted by Gasteiger charge is -2.34. The van der Waals surface area contributed by atoms with Crippen LogP contribution in [-0.4, -0.2) is 23.2 Å². The van der Waals surface area contributed by atoms with Crippen LogP contribution in [-0.2, 0) is 10.2 Å². The van der Waals surface area contributed by atoms with Crippen molar-refractivity contribution in [2.75, 3.05) is 0 Å². The first-order valence-electron chi connectivity index (χ1n) is 5.54. The van der Waals surface area contributed by atoms with Crippen LogP contribution in [0.25, 0.3) is 0 Å². The van der Waals surface area contributed by atoms with Crippen LogP contribution in [0.1, 0.15) is 25.8 Å². The first kappa shape index (κ1) is 16.0. The summed E-state index contributed by atoms with van der Waals surface area (Å²) in [6.45, 7) is 2.99. The second-order valence-corrected chi connectivity index (χ2v) is 5.49. The second kappa shape index (κ2) is 5.13. The Balaban J connectivity index is 3.16. The highest BCUT2D eigenvalue weighted by Crippen LogP contribution is 2.41. The number of benzene rings is 1. The molecule has 0 fully saturated rings. The van der Waals surface area contributed by atoms with Crippen molar-refractivity contribution in [3.63, 3.8) is 0 Å². The molecule has 106 valence electrons. The predicted octanol–water partition coefficient (Wildman–Crippen LogP) is 3.50. The normalized spacial score (nSPS) is 15.9. The molecule has 6 heteroatoms. The van der Waals surface area contributed by atoms with E-state index in [1.807, 2.05) is 0 Å². The number of carbonyl (C=O) groups excluding carboxylic acids is 1. The summed E-state index contributed by atoms with van der Waals surface area (Å²) >= 11 is 5.94. The van der Waals surface area contributed by atoms with Crippen molar-refractivity contribution in [1.82, 2.24) is 0 Å². The van der Waals surface area contributed by atoms with Crippen LogP contribution in [0.3, 0.4) is 0 Å². The van der Waals surface area contributed by atoms with E-state index in [0.717, 1.165) is 0 Å². The fourth-order valence-corrected chi connectivity index (χ4v) is 2.38. The van der Waals surface area contributed by atoms with Crippen molar-refractivity contribution in [3.8, 4) is 0 Å². The maximum absolute atomic E-state index is 12.7. The molecule has 1 aromatic rings. The van der Waals surface area contributed by atoms with Gasteiger partial charge >= 0.3 is 6.18 Å². The van der Waals surface area contributed by atoms with Crippen molar-refractivity contribution in [2.24, 2.45) is 0 Å². The van der Waals surface area contributed by atoms with Crippen LogP contribution in [0.15, 0.2) is 24.3 Å². The van der Waals surface area contributed by atoms with Gasteiger partial charge in [-0.2, -0.15) is 13.2 Å². The molecule has 0 heterocycles. The van der Waals surface area contributed by atoms with Crippen LogP contribution in [0.4, 0.5) is 13.2 Å². The van der Waals surface area contributed by atoms with Gasteiger partial charge in [0, 0.05) is 11.4 Å². The minimum Gasteiger partial charge on any atom is -0.374 e. The van der Waals surface area contributed by atoms with Crippen molar-refractivity contribution < 1.29 is 23.1 Å². The highest BCUT2D eigenvalue weighted by Gasteiger charge is 2.56. The van der Waals surface area contributed by atoms with E-state index < -0.39 is 29.9 Å². The molecule has 1 atom stereocenters. The minimum absolute atomic E-state index is 0.294. The van der Waals surface area contributed by atoms with Crippen LogP contribution < -0.4 is 0 Å². The maximum atomic E-state index is 12.7. The molecule has 0 aliphatic heterocycles. The zero-order valence-electron chi connectivity index (χ0n) is 10.5. The third-order valence-electron chi connectivity index (χ3n) is 3.00. The Morgan fingerprint density at radius 3 is 2.21 bits per heavy atom. The van der Waals surface area contributed by atoms with Crippen molar-refractivity contribution in [3.05, 3.63) is 34.9 Å². The molecule has 0 aliphatic rings. The van der Waals surface area contributed by atoms with Gasteiger partial charge in [-0.05, 0) is 17.0 Å². The molecule has 0 aliphatic carbocycles. The van der Waals surface area contributed by atoms with E-state index in [4.69, 9.17) is 11.6 Å². The lowest BCUT2D eigenvalue weighted by Crippen LogP contribution is -2.50. The summed E-state index contributed by atoms with van der Waals surface area (Å²) in [5.74, 6) is 0. The number of hydrogen-bond acceptors (Lipinski definition) is 2. The number of halogens is 4. The summed E-state index contributed by atoms with van der Waals surface area (Å²) in [5.41, 5.74) is -4.04. The Morgan fingerprint density at radius 1 is 1.26 bits per heavy atom. The maximum Gasteiger partial charge on any atom is 0.424 e. The van der Waals surface area contributed by atoms with Crippen LogP contribution >= 0.6 is 11.6 Å². The minimum atomic E-state index is -5.02. The van der Waals surface area contributed by atoms with Crippen molar-refractivity contribution in [1.29, 1.82) is 0 Å². The van der Waals surface area contributed by atoms with Gasteiger partial charge in [-0.3, -0.25) is 4.79 Å². The molecule has 0 aromatic heterocycles. The number of aldehydes is 1. The number of hydrogen-bond donors (Lipinski definition) is 1.